The van der Waals surface area contributed by atoms with E-state index in [1.165, 1.54) is 31.6 Å². The maximum Gasteiger partial charge on any atom is 0.0316 e. The quantitative estimate of drug-likeness (QED) is 0.834. The second-order valence-corrected chi connectivity index (χ2v) is 4.89. The summed E-state index contributed by atoms with van der Waals surface area (Å²) in [7, 11) is 2.23. The first kappa shape index (κ1) is 11.6. The standard InChI is InChI=1S/C14H22N2/c1-12(14-6-4-3-5-7-14)16(2)11-13-8-9-15-10-13/h3-7,12-13,15H,8-11H2,1-2H3/t12-,13+/m0/s1. The summed E-state index contributed by atoms with van der Waals surface area (Å²) in [5.41, 5.74) is 1.41. The van der Waals surface area contributed by atoms with Crippen molar-refractivity contribution in [2.75, 3.05) is 26.7 Å². The first-order valence-corrected chi connectivity index (χ1v) is 6.23. The summed E-state index contributed by atoms with van der Waals surface area (Å²) >= 11 is 0. The normalized spacial score (nSPS) is 22.6. The zero-order valence-corrected chi connectivity index (χ0v) is 10.3. The molecule has 2 atom stereocenters. The lowest BCUT2D eigenvalue weighted by Crippen LogP contribution is -2.29. The molecule has 0 saturated carbocycles. The van der Waals surface area contributed by atoms with Crippen LogP contribution in [0, 0.1) is 5.92 Å². The van der Waals surface area contributed by atoms with Gasteiger partial charge in [-0.1, -0.05) is 30.3 Å². The van der Waals surface area contributed by atoms with Crippen molar-refractivity contribution in [1.29, 1.82) is 0 Å². The molecule has 1 aromatic rings. The van der Waals surface area contributed by atoms with Gasteiger partial charge in [-0.05, 0) is 45.0 Å². The van der Waals surface area contributed by atoms with Crippen LogP contribution in [0.1, 0.15) is 24.9 Å². The van der Waals surface area contributed by atoms with Gasteiger partial charge in [0.05, 0.1) is 0 Å². The maximum atomic E-state index is 3.43. The predicted octanol–water partition coefficient (Wildman–Crippen LogP) is 2.29. The minimum Gasteiger partial charge on any atom is -0.316 e. The third-order valence-corrected chi connectivity index (χ3v) is 3.65. The maximum absolute atomic E-state index is 3.43. The fourth-order valence-corrected chi connectivity index (χ4v) is 2.42. The molecule has 1 fully saturated rings. The van der Waals surface area contributed by atoms with E-state index >= 15 is 0 Å². The summed E-state index contributed by atoms with van der Waals surface area (Å²) in [6.45, 7) is 5.87. The van der Waals surface area contributed by atoms with E-state index in [9.17, 15) is 0 Å². The monoisotopic (exact) mass is 218 g/mol. The molecule has 0 bridgehead atoms. The zero-order valence-electron chi connectivity index (χ0n) is 10.3. The van der Waals surface area contributed by atoms with Gasteiger partial charge in [-0.15, -0.1) is 0 Å². The molecule has 16 heavy (non-hydrogen) atoms. The Kier molecular flexibility index (Phi) is 3.97. The average molecular weight is 218 g/mol. The Labute approximate surface area is 98.7 Å². The topological polar surface area (TPSA) is 15.3 Å². The van der Waals surface area contributed by atoms with Crippen molar-refractivity contribution in [2.24, 2.45) is 5.92 Å². The zero-order chi connectivity index (χ0) is 11.4. The minimum atomic E-state index is 0.516. The van der Waals surface area contributed by atoms with Gasteiger partial charge in [-0.25, -0.2) is 0 Å². The van der Waals surface area contributed by atoms with Crippen LogP contribution in [0.4, 0.5) is 0 Å². The lowest BCUT2D eigenvalue weighted by atomic mass is 10.0. The highest BCUT2D eigenvalue weighted by Gasteiger charge is 2.19. The van der Waals surface area contributed by atoms with Crippen LogP contribution in [0.2, 0.25) is 0 Å². The van der Waals surface area contributed by atoms with E-state index in [1.807, 2.05) is 0 Å². The number of hydrogen-bond acceptors (Lipinski definition) is 2. The van der Waals surface area contributed by atoms with Crippen molar-refractivity contribution in [2.45, 2.75) is 19.4 Å². The van der Waals surface area contributed by atoms with Gasteiger partial charge in [-0.3, -0.25) is 4.90 Å². The van der Waals surface area contributed by atoms with Crippen LogP contribution in [0.25, 0.3) is 0 Å². The van der Waals surface area contributed by atoms with Gasteiger partial charge in [0.25, 0.3) is 0 Å². The average Bonchev–Trinajstić information content (AvgIpc) is 2.82. The van der Waals surface area contributed by atoms with Gasteiger partial charge < -0.3 is 5.32 Å². The van der Waals surface area contributed by atoms with Crippen LogP contribution in [-0.4, -0.2) is 31.6 Å². The molecule has 2 rings (SSSR count). The summed E-state index contributed by atoms with van der Waals surface area (Å²) in [5.74, 6) is 0.830. The Morgan fingerprint density at radius 2 is 2.12 bits per heavy atom. The molecular formula is C14H22N2. The molecule has 1 aromatic carbocycles. The highest BCUT2D eigenvalue weighted by Crippen LogP contribution is 2.20. The highest BCUT2D eigenvalue weighted by atomic mass is 15.1. The van der Waals surface area contributed by atoms with Gasteiger partial charge in [0, 0.05) is 12.6 Å². The fourth-order valence-electron chi connectivity index (χ4n) is 2.42. The third kappa shape index (κ3) is 2.83. The largest absolute Gasteiger partial charge is 0.316 e. The summed E-state index contributed by atoms with van der Waals surface area (Å²) < 4.78 is 0. The SMILES string of the molecule is C[C@@H](c1ccccc1)N(C)C[C@@H]1CCNC1. The van der Waals surface area contributed by atoms with E-state index in [-0.39, 0.29) is 0 Å². The Hall–Kier alpha value is -0.860. The van der Waals surface area contributed by atoms with E-state index in [4.69, 9.17) is 0 Å². The number of hydrogen-bond donors (Lipinski definition) is 1. The van der Waals surface area contributed by atoms with Gasteiger partial charge >= 0.3 is 0 Å². The molecule has 1 aliphatic heterocycles. The van der Waals surface area contributed by atoms with Crippen LogP contribution in [0.15, 0.2) is 30.3 Å². The number of nitrogens with one attached hydrogen (secondary N) is 1. The van der Waals surface area contributed by atoms with Gasteiger partial charge in [0.2, 0.25) is 0 Å². The lowest BCUT2D eigenvalue weighted by Gasteiger charge is -2.27. The van der Waals surface area contributed by atoms with Crippen LogP contribution >= 0.6 is 0 Å². The van der Waals surface area contributed by atoms with E-state index < -0.39 is 0 Å². The molecule has 0 amide bonds. The number of rotatable bonds is 4. The first-order chi connectivity index (χ1) is 7.77. The van der Waals surface area contributed by atoms with E-state index in [0.717, 1.165) is 5.92 Å². The molecular weight excluding hydrogens is 196 g/mol. The molecule has 2 heteroatoms. The molecule has 1 heterocycles. The van der Waals surface area contributed by atoms with Crippen molar-refractivity contribution in [3.05, 3.63) is 35.9 Å². The second kappa shape index (κ2) is 5.46. The molecule has 0 aromatic heterocycles. The molecule has 0 aliphatic carbocycles. The molecule has 0 unspecified atom stereocenters. The van der Waals surface area contributed by atoms with Crippen LogP contribution in [-0.2, 0) is 0 Å². The molecule has 1 N–H and O–H groups in total. The van der Waals surface area contributed by atoms with Crippen molar-refractivity contribution < 1.29 is 0 Å². The Morgan fingerprint density at radius 1 is 1.38 bits per heavy atom. The van der Waals surface area contributed by atoms with E-state index in [2.05, 4.69) is 54.5 Å². The van der Waals surface area contributed by atoms with Crippen molar-refractivity contribution in [3.63, 3.8) is 0 Å². The Balaban J connectivity index is 1.91. The minimum absolute atomic E-state index is 0.516. The third-order valence-electron chi connectivity index (χ3n) is 3.65. The molecule has 1 aliphatic rings. The van der Waals surface area contributed by atoms with Crippen LogP contribution in [0.3, 0.4) is 0 Å². The van der Waals surface area contributed by atoms with Gasteiger partial charge in [0.1, 0.15) is 0 Å². The smallest absolute Gasteiger partial charge is 0.0316 e. The van der Waals surface area contributed by atoms with Crippen molar-refractivity contribution in [3.8, 4) is 0 Å². The van der Waals surface area contributed by atoms with Gasteiger partial charge in [-0.2, -0.15) is 0 Å². The number of nitrogens with zero attached hydrogens (tertiary/aromatic N) is 1. The van der Waals surface area contributed by atoms with Gasteiger partial charge in [0.15, 0.2) is 0 Å². The van der Waals surface area contributed by atoms with Crippen LogP contribution in [0.5, 0.6) is 0 Å². The first-order valence-electron chi connectivity index (χ1n) is 6.23. The second-order valence-electron chi connectivity index (χ2n) is 4.89. The lowest BCUT2D eigenvalue weighted by molar-refractivity contribution is 0.226. The highest BCUT2D eigenvalue weighted by molar-refractivity contribution is 5.18. The van der Waals surface area contributed by atoms with Crippen molar-refractivity contribution in [1.82, 2.24) is 10.2 Å². The van der Waals surface area contributed by atoms with Crippen molar-refractivity contribution >= 4 is 0 Å². The summed E-state index contributed by atoms with van der Waals surface area (Å²) in [4.78, 5) is 2.47. The fraction of sp³-hybridized carbons (Fsp3) is 0.571. The summed E-state index contributed by atoms with van der Waals surface area (Å²) in [5, 5.41) is 3.43. The Morgan fingerprint density at radius 3 is 2.75 bits per heavy atom. The van der Waals surface area contributed by atoms with E-state index in [1.54, 1.807) is 0 Å². The molecule has 0 spiro atoms. The van der Waals surface area contributed by atoms with E-state index in [0.29, 0.717) is 6.04 Å². The summed E-state index contributed by atoms with van der Waals surface area (Å²) in [6.07, 6.45) is 1.33. The Bertz CT molecular complexity index is 304. The molecule has 2 nitrogen and oxygen atoms in total. The van der Waals surface area contributed by atoms with Crippen LogP contribution < -0.4 is 5.32 Å². The summed E-state index contributed by atoms with van der Waals surface area (Å²) in [6, 6.07) is 11.3. The molecule has 1 saturated heterocycles. The predicted molar refractivity (Wildman–Crippen MR) is 68.5 cm³/mol. The number of benzene rings is 1. The molecule has 88 valence electrons. The molecule has 0 radical (unpaired) electrons.